The Bertz CT molecular complexity index is 798. The molecule has 3 rings (SSSR count). The molecule has 1 aliphatic heterocycles. The summed E-state index contributed by atoms with van der Waals surface area (Å²) in [6.45, 7) is 1.02. The van der Waals surface area contributed by atoms with E-state index in [0.717, 1.165) is 24.1 Å². The van der Waals surface area contributed by atoms with E-state index in [2.05, 4.69) is 4.74 Å². The molecule has 0 saturated heterocycles. The standard InChI is InChI=1S/C19H20F2N2O2/c1-11-9-13(10-12(2)17(11)25-19(20)21)18(24)23-8-4-5-14-15(22)6-3-7-16(14)23/h3,6-7,9-10,19H,4-5,8,22H2,1-2H3. The maximum Gasteiger partial charge on any atom is 0.387 e. The van der Waals surface area contributed by atoms with E-state index in [0.29, 0.717) is 28.9 Å². The van der Waals surface area contributed by atoms with E-state index >= 15 is 0 Å². The minimum absolute atomic E-state index is 0.120. The zero-order valence-electron chi connectivity index (χ0n) is 14.2. The van der Waals surface area contributed by atoms with Crippen LogP contribution in [0.1, 0.15) is 33.5 Å². The number of carbonyl (C=O) groups excluding carboxylic acids is 1. The number of amides is 1. The number of anilines is 2. The minimum Gasteiger partial charge on any atom is -0.434 e. The van der Waals surface area contributed by atoms with Gasteiger partial charge in [-0.1, -0.05) is 6.07 Å². The summed E-state index contributed by atoms with van der Waals surface area (Å²) >= 11 is 0. The molecule has 132 valence electrons. The first-order valence-electron chi connectivity index (χ1n) is 8.13. The van der Waals surface area contributed by atoms with Crippen molar-refractivity contribution >= 4 is 17.3 Å². The van der Waals surface area contributed by atoms with Gasteiger partial charge in [0.05, 0.1) is 0 Å². The smallest absolute Gasteiger partial charge is 0.387 e. The van der Waals surface area contributed by atoms with Crippen molar-refractivity contribution in [2.45, 2.75) is 33.3 Å². The lowest BCUT2D eigenvalue weighted by atomic mass is 9.98. The lowest BCUT2D eigenvalue weighted by Gasteiger charge is -2.30. The number of hydrogen-bond acceptors (Lipinski definition) is 3. The molecule has 0 fully saturated rings. The van der Waals surface area contributed by atoms with Crippen molar-refractivity contribution in [2.75, 3.05) is 17.2 Å². The largest absolute Gasteiger partial charge is 0.434 e. The minimum atomic E-state index is -2.89. The molecule has 1 heterocycles. The summed E-state index contributed by atoms with van der Waals surface area (Å²) in [4.78, 5) is 14.7. The number of hydrogen-bond donors (Lipinski definition) is 1. The maximum atomic E-state index is 13.0. The van der Waals surface area contributed by atoms with Crippen LogP contribution in [0.3, 0.4) is 0 Å². The molecule has 25 heavy (non-hydrogen) atoms. The van der Waals surface area contributed by atoms with Gasteiger partial charge in [0.25, 0.3) is 5.91 Å². The van der Waals surface area contributed by atoms with Crippen LogP contribution in [0.2, 0.25) is 0 Å². The number of rotatable bonds is 3. The first-order chi connectivity index (χ1) is 11.9. The number of nitrogens with zero attached hydrogens (tertiary/aromatic N) is 1. The lowest BCUT2D eigenvalue weighted by molar-refractivity contribution is -0.0507. The Morgan fingerprint density at radius 3 is 2.56 bits per heavy atom. The molecule has 0 spiro atoms. The Morgan fingerprint density at radius 2 is 1.92 bits per heavy atom. The van der Waals surface area contributed by atoms with Crippen molar-refractivity contribution in [1.82, 2.24) is 0 Å². The van der Waals surface area contributed by atoms with Gasteiger partial charge in [0, 0.05) is 23.5 Å². The van der Waals surface area contributed by atoms with Crippen molar-refractivity contribution in [3.05, 3.63) is 52.6 Å². The molecule has 1 amide bonds. The van der Waals surface area contributed by atoms with Crippen molar-refractivity contribution in [3.63, 3.8) is 0 Å². The summed E-state index contributed by atoms with van der Waals surface area (Å²) in [5, 5.41) is 0. The summed E-state index contributed by atoms with van der Waals surface area (Å²) in [6.07, 6.45) is 1.67. The van der Waals surface area contributed by atoms with Crippen molar-refractivity contribution in [3.8, 4) is 5.75 Å². The van der Waals surface area contributed by atoms with Gasteiger partial charge in [-0.2, -0.15) is 8.78 Å². The fourth-order valence-electron chi connectivity index (χ4n) is 3.37. The molecule has 0 unspecified atom stereocenters. The average molecular weight is 346 g/mol. The Labute approximate surface area is 145 Å². The van der Waals surface area contributed by atoms with Crippen LogP contribution in [0, 0.1) is 13.8 Å². The Morgan fingerprint density at radius 1 is 1.24 bits per heavy atom. The maximum absolute atomic E-state index is 13.0. The molecule has 0 aliphatic carbocycles. The third-order valence-electron chi connectivity index (χ3n) is 4.45. The lowest BCUT2D eigenvalue weighted by Crippen LogP contribution is -2.35. The second-order valence-corrected chi connectivity index (χ2v) is 6.22. The predicted octanol–water partition coefficient (Wildman–Crippen LogP) is 4.08. The van der Waals surface area contributed by atoms with Gasteiger partial charge in [-0.3, -0.25) is 4.79 Å². The van der Waals surface area contributed by atoms with Gasteiger partial charge in [0.1, 0.15) is 5.75 Å². The zero-order valence-corrected chi connectivity index (χ0v) is 14.2. The third kappa shape index (κ3) is 3.29. The van der Waals surface area contributed by atoms with Gasteiger partial charge >= 0.3 is 6.61 Å². The first kappa shape index (κ1) is 17.2. The molecule has 2 aromatic rings. The summed E-state index contributed by atoms with van der Waals surface area (Å²) in [5.74, 6) is -0.0452. The number of benzene rings is 2. The van der Waals surface area contributed by atoms with Crippen LogP contribution < -0.4 is 15.4 Å². The van der Waals surface area contributed by atoms with Gasteiger partial charge < -0.3 is 15.4 Å². The second kappa shape index (κ2) is 6.70. The van der Waals surface area contributed by atoms with E-state index in [1.54, 1.807) is 30.9 Å². The fraction of sp³-hybridized carbons (Fsp3) is 0.316. The van der Waals surface area contributed by atoms with E-state index in [9.17, 15) is 13.6 Å². The van der Waals surface area contributed by atoms with E-state index in [1.807, 2.05) is 18.2 Å². The molecular formula is C19H20F2N2O2. The van der Waals surface area contributed by atoms with Gasteiger partial charge in [-0.25, -0.2) is 0 Å². The second-order valence-electron chi connectivity index (χ2n) is 6.22. The van der Waals surface area contributed by atoms with Gasteiger partial charge in [-0.05, 0) is 67.6 Å². The van der Waals surface area contributed by atoms with Crippen molar-refractivity contribution in [2.24, 2.45) is 0 Å². The first-order valence-corrected chi connectivity index (χ1v) is 8.13. The van der Waals surface area contributed by atoms with Crippen LogP contribution in [0.5, 0.6) is 5.75 Å². The van der Waals surface area contributed by atoms with Gasteiger partial charge in [0.15, 0.2) is 0 Å². The molecule has 0 aromatic heterocycles. The number of nitrogens with two attached hydrogens (primary N) is 1. The number of nitrogen functional groups attached to an aromatic ring is 1. The Hall–Kier alpha value is -2.63. The van der Waals surface area contributed by atoms with E-state index in [4.69, 9.17) is 5.73 Å². The molecule has 0 radical (unpaired) electrons. The van der Waals surface area contributed by atoms with Crippen LogP contribution in [-0.4, -0.2) is 19.1 Å². The zero-order chi connectivity index (χ0) is 18.1. The molecule has 2 aromatic carbocycles. The Kier molecular flexibility index (Phi) is 4.61. The van der Waals surface area contributed by atoms with E-state index in [1.165, 1.54) is 0 Å². The van der Waals surface area contributed by atoms with Crippen LogP contribution >= 0.6 is 0 Å². The van der Waals surface area contributed by atoms with E-state index < -0.39 is 6.61 Å². The van der Waals surface area contributed by atoms with Crippen LogP contribution in [-0.2, 0) is 6.42 Å². The van der Waals surface area contributed by atoms with Gasteiger partial charge in [0.2, 0.25) is 0 Å². The summed E-state index contributed by atoms with van der Waals surface area (Å²) in [7, 11) is 0. The SMILES string of the molecule is Cc1cc(C(=O)N2CCCc3c(N)cccc32)cc(C)c1OC(F)F. The highest BCUT2D eigenvalue weighted by Gasteiger charge is 2.25. The quantitative estimate of drug-likeness (QED) is 0.852. The average Bonchev–Trinajstić information content (AvgIpc) is 2.57. The molecular weight excluding hydrogens is 326 g/mol. The number of halogens is 2. The molecule has 0 atom stereocenters. The monoisotopic (exact) mass is 346 g/mol. The van der Waals surface area contributed by atoms with Crippen molar-refractivity contribution < 1.29 is 18.3 Å². The highest BCUT2D eigenvalue weighted by Crippen LogP contribution is 2.33. The molecule has 4 nitrogen and oxygen atoms in total. The number of alkyl halides is 2. The number of carbonyl (C=O) groups is 1. The van der Waals surface area contributed by atoms with Crippen LogP contribution in [0.25, 0.3) is 0 Å². The summed E-state index contributed by atoms with van der Waals surface area (Å²) < 4.78 is 29.6. The number of ether oxygens (including phenoxy) is 1. The topological polar surface area (TPSA) is 55.6 Å². The summed E-state index contributed by atoms with van der Waals surface area (Å²) in [6, 6.07) is 8.73. The molecule has 2 N–H and O–H groups in total. The summed E-state index contributed by atoms with van der Waals surface area (Å²) in [5.41, 5.74) is 9.98. The highest BCUT2D eigenvalue weighted by molar-refractivity contribution is 6.07. The normalized spacial score (nSPS) is 13.7. The molecule has 1 aliphatic rings. The number of fused-ring (bicyclic) bond motifs is 1. The molecule has 0 saturated carbocycles. The predicted molar refractivity (Wildman–Crippen MR) is 93.4 cm³/mol. The van der Waals surface area contributed by atoms with Gasteiger partial charge in [-0.15, -0.1) is 0 Å². The fourth-order valence-corrected chi connectivity index (χ4v) is 3.37. The molecule has 6 heteroatoms. The highest BCUT2D eigenvalue weighted by atomic mass is 19.3. The van der Waals surface area contributed by atoms with Crippen LogP contribution in [0.4, 0.5) is 20.2 Å². The van der Waals surface area contributed by atoms with Crippen molar-refractivity contribution in [1.29, 1.82) is 0 Å². The van der Waals surface area contributed by atoms with Crippen LogP contribution in [0.15, 0.2) is 30.3 Å². The third-order valence-corrected chi connectivity index (χ3v) is 4.45. The Balaban J connectivity index is 1.97. The molecule has 0 bridgehead atoms. The van der Waals surface area contributed by atoms with E-state index in [-0.39, 0.29) is 11.7 Å². The number of aryl methyl sites for hydroxylation is 2.